The van der Waals surface area contributed by atoms with Crippen LogP contribution >= 0.6 is 11.6 Å². The SMILES string of the molecule is Cc1cccc(Oc2ccc(CN)c(Cl)c2)n1. The van der Waals surface area contributed by atoms with Crippen LogP contribution in [0.3, 0.4) is 0 Å². The zero-order valence-electron chi connectivity index (χ0n) is 9.48. The van der Waals surface area contributed by atoms with Gasteiger partial charge in [0, 0.05) is 23.3 Å². The summed E-state index contributed by atoms with van der Waals surface area (Å²) in [4.78, 5) is 4.25. The van der Waals surface area contributed by atoms with E-state index in [1.54, 1.807) is 12.1 Å². The van der Waals surface area contributed by atoms with E-state index in [9.17, 15) is 0 Å². The predicted molar refractivity (Wildman–Crippen MR) is 68.4 cm³/mol. The molecule has 0 fully saturated rings. The largest absolute Gasteiger partial charge is 0.439 e. The van der Waals surface area contributed by atoms with Crippen LogP contribution in [0.15, 0.2) is 36.4 Å². The minimum Gasteiger partial charge on any atom is -0.439 e. The summed E-state index contributed by atoms with van der Waals surface area (Å²) in [6.07, 6.45) is 0. The maximum absolute atomic E-state index is 6.05. The van der Waals surface area contributed by atoms with Gasteiger partial charge in [0.15, 0.2) is 0 Å². The number of pyridine rings is 1. The highest BCUT2D eigenvalue weighted by Gasteiger charge is 2.03. The third-order valence-corrected chi connectivity index (χ3v) is 2.68. The molecule has 2 rings (SSSR count). The lowest BCUT2D eigenvalue weighted by molar-refractivity contribution is 0.461. The number of rotatable bonds is 3. The molecule has 0 saturated heterocycles. The van der Waals surface area contributed by atoms with Gasteiger partial charge in [-0.1, -0.05) is 23.7 Å². The Morgan fingerprint density at radius 3 is 2.76 bits per heavy atom. The number of aryl methyl sites for hydroxylation is 1. The minimum absolute atomic E-state index is 0.418. The highest BCUT2D eigenvalue weighted by molar-refractivity contribution is 6.31. The van der Waals surface area contributed by atoms with E-state index in [0.717, 1.165) is 11.3 Å². The maximum atomic E-state index is 6.05. The average Bonchev–Trinajstić information content (AvgIpc) is 2.29. The number of nitrogens with zero attached hydrogens (tertiary/aromatic N) is 1. The monoisotopic (exact) mass is 248 g/mol. The Labute approximate surface area is 105 Å². The lowest BCUT2D eigenvalue weighted by atomic mass is 10.2. The first-order valence-electron chi connectivity index (χ1n) is 5.29. The summed E-state index contributed by atoms with van der Waals surface area (Å²) >= 11 is 6.05. The van der Waals surface area contributed by atoms with E-state index >= 15 is 0 Å². The summed E-state index contributed by atoms with van der Waals surface area (Å²) in [7, 11) is 0. The first-order valence-corrected chi connectivity index (χ1v) is 5.67. The Morgan fingerprint density at radius 2 is 2.12 bits per heavy atom. The fourth-order valence-corrected chi connectivity index (χ4v) is 1.70. The van der Waals surface area contributed by atoms with E-state index in [0.29, 0.717) is 23.2 Å². The summed E-state index contributed by atoms with van der Waals surface area (Å²) < 4.78 is 5.60. The van der Waals surface area contributed by atoms with Gasteiger partial charge in [0.1, 0.15) is 5.75 Å². The van der Waals surface area contributed by atoms with Crippen molar-refractivity contribution in [2.45, 2.75) is 13.5 Å². The van der Waals surface area contributed by atoms with E-state index in [1.807, 2.05) is 31.2 Å². The summed E-state index contributed by atoms with van der Waals surface area (Å²) in [5.41, 5.74) is 7.34. The van der Waals surface area contributed by atoms with Crippen LogP contribution in [0.4, 0.5) is 0 Å². The Morgan fingerprint density at radius 1 is 1.29 bits per heavy atom. The molecule has 2 aromatic rings. The summed E-state index contributed by atoms with van der Waals surface area (Å²) in [5, 5.41) is 0.609. The fourth-order valence-electron chi connectivity index (χ4n) is 1.45. The van der Waals surface area contributed by atoms with Crippen molar-refractivity contribution in [1.29, 1.82) is 0 Å². The van der Waals surface area contributed by atoms with Gasteiger partial charge in [-0.2, -0.15) is 0 Å². The van der Waals surface area contributed by atoms with Crippen LogP contribution in [-0.4, -0.2) is 4.98 Å². The first-order chi connectivity index (χ1) is 8.19. The highest BCUT2D eigenvalue weighted by Crippen LogP contribution is 2.25. The second kappa shape index (κ2) is 5.17. The minimum atomic E-state index is 0.418. The molecule has 1 aromatic heterocycles. The van der Waals surface area contributed by atoms with Crippen molar-refractivity contribution in [3.8, 4) is 11.6 Å². The lowest BCUT2D eigenvalue weighted by Gasteiger charge is -2.07. The summed E-state index contributed by atoms with van der Waals surface area (Å²) in [6.45, 7) is 2.33. The molecule has 0 unspecified atom stereocenters. The summed E-state index contributed by atoms with van der Waals surface area (Å²) in [6, 6.07) is 11.0. The molecule has 0 aliphatic rings. The van der Waals surface area contributed by atoms with Gasteiger partial charge in [-0.15, -0.1) is 0 Å². The number of hydrogen-bond donors (Lipinski definition) is 1. The van der Waals surface area contributed by atoms with Crippen molar-refractivity contribution in [2.75, 3.05) is 0 Å². The number of nitrogens with two attached hydrogens (primary N) is 1. The standard InChI is InChI=1S/C13H13ClN2O/c1-9-3-2-4-13(16-9)17-11-6-5-10(8-15)12(14)7-11/h2-7H,8,15H2,1H3. The third-order valence-electron chi connectivity index (χ3n) is 2.33. The van der Waals surface area contributed by atoms with Crippen LogP contribution in [-0.2, 0) is 6.54 Å². The van der Waals surface area contributed by atoms with Crippen molar-refractivity contribution in [3.63, 3.8) is 0 Å². The van der Waals surface area contributed by atoms with Crippen LogP contribution in [0.5, 0.6) is 11.6 Å². The van der Waals surface area contributed by atoms with E-state index in [-0.39, 0.29) is 0 Å². The Balaban J connectivity index is 2.22. The average molecular weight is 249 g/mol. The molecule has 0 aliphatic carbocycles. The van der Waals surface area contributed by atoms with Crippen LogP contribution in [0.25, 0.3) is 0 Å². The van der Waals surface area contributed by atoms with Gasteiger partial charge < -0.3 is 10.5 Å². The van der Waals surface area contributed by atoms with Crippen molar-refractivity contribution >= 4 is 11.6 Å². The van der Waals surface area contributed by atoms with Crippen molar-refractivity contribution < 1.29 is 4.74 Å². The fraction of sp³-hybridized carbons (Fsp3) is 0.154. The molecule has 1 aromatic carbocycles. The lowest BCUT2D eigenvalue weighted by Crippen LogP contribution is -1.97. The van der Waals surface area contributed by atoms with E-state index in [2.05, 4.69) is 4.98 Å². The second-order valence-electron chi connectivity index (χ2n) is 3.68. The Hall–Kier alpha value is -1.58. The molecule has 0 atom stereocenters. The normalized spacial score (nSPS) is 10.3. The number of hydrogen-bond acceptors (Lipinski definition) is 3. The Bertz CT molecular complexity index is 529. The first kappa shape index (κ1) is 11.9. The van der Waals surface area contributed by atoms with Crippen LogP contribution in [0, 0.1) is 6.92 Å². The van der Waals surface area contributed by atoms with Crippen molar-refractivity contribution in [1.82, 2.24) is 4.98 Å². The third kappa shape index (κ3) is 2.96. The van der Waals surface area contributed by atoms with Gasteiger partial charge in [-0.05, 0) is 30.7 Å². The highest BCUT2D eigenvalue weighted by atomic mass is 35.5. The van der Waals surface area contributed by atoms with Gasteiger partial charge in [0.2, 0.25) is 5.88 Å². The predicted octanol–water partition coefficient (Wildman–Crippen LogP) is 3.29. The number of aromatic nitrogens is 1. The number of halogens is 1. The molecule has 0 bridgehead atoms. The molecular weight excluding hydrogens is 236 g/mol. The number of ether oxygens (including phenoxy) is 1. The number of benzene rings is 1. The summed E-state index contributed by atoms with van der Waals surface area (Å²) in [5.74, 6) is 1.21. The van der Waals surface area contributed by atoms with Crippen LogP contribution < -0.4 is 10.5 Å². The molecule has 0 amide bonds. The van der Waals surface area contributed by atoms with Gasteiger partial charge in [-0.25, -0.2) is 4.98 Å². The topological polar surface area (TPSA) is 48.1 Å². The van der Waals surface area contributed by atoms with E-state index in [1.165, 1.54) is 0 Å². The molecule has 0 aliphatic heterocycles. The molecule has 3 nitrogen and oxygen atoms in total. The van der Waals surface area contributed by atoms with E-state index in [4.69, 9.17) is 22.1 Å². The van der Waals surface area contributed by atoms with Gasteiger partial charge in [0.25, 0.3) is 0 Å². The zero-order chi connectivity index (χ0) is 12.3. The van der Waals surface area contributed by atoms with Gasteiger partial charge >= 0.3 is 0 Å². The van der Waals surface area contributed by atoms with Gasteiger partial charge in [0.05, 0.1) is 0 Å². The molecule has 0 saturated carbocycles. The van der Waals surface area contributed by atoms with Crippen LogP contribution in [0.1, 0.15) is 11.3 Å². The molecule has 0 radical (unpaired) electrons. The quantitative estimate of drug-likeness (QED) is 0.907. The van der Waals surface area contributed by atoms with Crippen LogP contribution in [0.2, 0.25) is 5.02 Å². The smallest absolute Gasteiger partial charge is 0.219 e. The van der Waals surface area contributed by atoms with E-state index < -0.39 is 0 Å². The molecule has 1 heterocycles. The van der Waals surface area contributed by atoms with Crippen molar-refractivity contribution in [3.05, 3.63) is 52.7 Å². The molecular formula is C13H13ClN2O. The molecule has 2 N–H and O–H groups in total. The van der Waals surface area contributed by atoms with Crippen molar-refractivity contribution in [2.24, 2.45) is 5.73 Å². The Kier molecular flexibility index (Phi) is 3.61. The molecule has 0 spiro atoms. The molecule has 4 heteroatoms. The van der Waals surface area contributed by atoms with Gasteiger partial charge in [-0.3, -0.25) is 0 Å². The second-order valence-corrected chi connectivity index (χ2v) is 4.08. The molecule has 88 valence electrons. The maximum Gasteiger partial charge on any atom is 0.219 e. The zero-order valence-corrected chi connectivity index (χ0v) is 10.2. The molecule has 17 heavy (non-hydrogen) atoms.